The monoisotopic (exact) mass is 466 g/mol. The number of halogens is 1. The minimum Gasteiger partial charge on any atom is -0.497 e. The topological polar surface area (TPSA) is 81.0 Å². The van der Waals surface area contributed by atoms with Gasteiger partial charge in [-0.3, -0.25) is 14.5 Å². The number of nitrogens with one attached hydrogen (secondary N) is 1. The Morgan fingerprint density at radius 3 is 2.47 bits per heavy atom. The number of nitrogens with zero attached hydrogens (tertiary/aromatic N) is 1. The van der Waals surface area contributed by atoms with Crippen LogP contribution in [0.2, 0.25) is 0 Å². The second-order valence-electron chi connectivity index (χ2n) is 8.10. The van der Waals surface area contributed by atoms with Crippen LogP contribution in [0.5, 0.6) is 11.5 Å². The lowest BCUT2D eigenvalue weighted by Crippen LogP contribution is -2.46. The molecular weight excluding hydrogens is 439 g/mol. The van der Waals surface area contributed by atoms with Gasteiger partial charge in [-0.05, 0) is 43.2 Å². The Kier molecular flexibility index (Phi) is 7.15. The van der Waals surface area contributed by atoms with E-state index >= 15 is 4.39 Å². The molecule has 7 nitrogen and oxygen atoms in total. The van der Waals surface area contributed by atoms with Gasteiger partial charge >= 0.3 is 0 Å². The molecule has 0 spiro atoms. The van der Waals surface area contributed by atoms with Crippen molar-refractivity contribution in [3.63, 3.8) is 0 Å². The lowest BCUT2D eigenvalue weighted by Gasteiger charge is -2.32. The molecule has 3 aromatic rings. The van der Waals surface area contributed by atoms with E-state index in [0.29, 0.717) is 11.5 Å². The molecule has 0 aliphatic heterocycles. The van der Waals surface area contributed by atoms with Crippen LogP contribution >= 0.6 is 0 Å². The van der Waals surface area contributed by atoms with E-state index in [0.717, 1.165) is 25.7 Å². The Morgan fingerprint density at radius 1 is 1.06 bits per heavy atom. The van der Waals surface area contributed by atoms with Crippen LogP contribution in [0.15, 0.2) is 65.3 Å². The number of anilines is 1. The summed E-state index contributed by atoms with van der Waals surface area (Å²) < 4.78 is 31.4. The highest BCUT2D eigenvalue weighted by Gasteiger charge is 2.38. The summed E-state index contributed by atoms with van der Waals surface area (Å²) in [7, 11) is 2.95. The van der Waals surface area contributed by atoms with Crippen molar-refractivity contribution >= 4 is 17.5 Å². The average Bonchev–Trinajstić information content (AvgIpc) is 3.57. The third-order valence-corrected chi connectivity index (χ3v) is 6.00. The molecule has 1 atom stereocenters. The highest BCUT2D eigenvalue weighted by Crippen LogP contribution is 2.39. The number of benzene rings is 2. The summed E-state index contributed by atoms with van der Waals surface area (Å²) in [5.74, 6) is -0.951. The van der Waals surface area contributed by atoms with Gasteiger partial charge in [-0.2, -0.15) is 0 Å². The molecule has 178 valence electrons. The van der Waals surface area contributed by atoms with Gasteiger partial charge in [0, 0.05) is 17.7 Å². The standard InChI is InChI=1S/C26H27FN2O5/c1-32-18-13-14-22(33-2)21(16-18)29(26(31)23-12-7-15-34-23)24(19-10-5-6-11-20(19)27)25(30)28-17-8-3-4-9-17/h5-7,10-17,24H,3-4,8-9H2,1-2H3,(H,28,30)/t24-/m1/s1. The molecule has 1 aliphatic rings. The number of rotatable bonds is 8. The molecule has 0 radical (unpaired) electrons. The fourth-order valence-corrected chi connectivity index (χ4v) is 4.31. The van der Waals surface area contributed by atoms with Crippen molar-refractivity contribution < 1.29 is 27.9 Å². The van der Waals surface area contributed by atoms with Crippen LogP contribution in [0, 0.1) is 5.82 Å². The summed E-state index contributed by atoms with van der Waals surface area (Å²) >= 11 is 0. The Morgan fingerprint density at radius 2 is 1.82 bits per heavy atom. The summed E-state index contributed by atoms with van der Waals surface area (Å²) in [5, 5.41) is 3.02. The number of hydrogen-bond donors (Lipinski definition) is 1. The quantitative estimate of drug-likeness (QED) is 0.512. The smallest absolute Gasteiger partial charge is 0.295 e. The Bertz CT molecular complexity index is 1140. The number of amides is 2. The van der Waals surface area contributed by atoms with Crippen LogP contribution in [0.4, 0.5) is 10.1 Å². The molecule has 1 heterocycles. The van der Waals surface area contributed by atoms with Crippen LogP contribution in [0.3, 0.4) is 0 Å². The van der Waals surface area contributed by atoms with E-state index < -0.39 is 23.7 Å². The molecule has 4 rings (SSSR count). The maximum Gasteiger partial charge on any atom is 0.295 e. The van der Waals surface area contributed by atoms with Crippen molar-refractivity contribution in [2.24, 2.45) is 0 Å². The van der Waals surface area contributed by atoms with Gasteiger partial charge in [0.15, 0.2) is 5.76 Å². The highest BCUT2D eigenvalue weighted by molar-refractivity contribution is 6.09. The Balaban J connectivity index is 1.90. The van der Waals surface area contributed by atoms with Crippen molar-refractivity contribution in [1.29, 1.82) is 0 Å². The van der Waals surface area contributed by atoms with E-state index in [1.807, 2.05) is 0 Å². The van der Waals surface area contributed by atoms with Crippen LogP contribution in [0.1, 0.15) is 47.8 Å². The Hall–Kier alpha value is -3.81. The Labute approximate surface area is 197 Å². The van der Waals surface area contributed by atoms with Crippen molar-refractivity contribution in [3.8, 4) is 11.5 Å². The van der Waals surface area contributed by atoms with Gasteiger partial charge in [-0.1, -0.05) is 31.0 Å². The van der Waals surface area contributed by atoms with Crippen molar-refractivity contribution in [1.82, 2.24) is 5.32 Å². The van der Waals surface area contributed by atoms with E-state index in [9.17, 15) is 9.59 Å². The number of carbonyl (C=O) groups is 2. The number of ether oxygens (including phenoxy) is 2. The lowest BCUT2D eigenvalue weighted by molar-refractivity contribution is -0.123. The normalized spacial score (nSPS) is 14.4. The lowest BCUT2D eigenvalue weighted by atomic mass is 10.0. The first-order valence-corrected chi connectivity index (χ1v) is 11.2. The number of furan rings is 1. The third-order valence-electron chi connectivity index (χ3n) is 6.00. The van der Waals surface area contributed by atoms with Gasteiger partial charge in [0.05, 0.1) is 26.2 Å². The van der Waals surface area contributed by atoms with Crippen molar-refractivity contribution in [2.75, 3.05) is 19.1 Å². The van der Waals surface area contributed by atoms with Gasteiger partial charge in [0.2, 0.25) is 5.91 Å². The van der Waals surface area contributed by atoms with Crippen LogP contribution < -0.4 is 19.7 Å². The van der Waals surface area contributed by atoms with Gasteiger partial charge < -0.3 is 19.2 Å². The molecule has 8 heteroatoms. The minimum absolute atomic E-state index is 0.000112. The molecule has 1 aromatic heterocycles. The number of carbonyl (C=O) groups excluding carboxylic acids is 2. The molecule has 2 amide bonds. The minimum atomic E-state index is -1.32. The molecule has 1 fully saturated rings. The van der Waals surface area contributed by atoms with Crippen LogP contribution in [-0.2, 0) is 4.79 Å². The molecule has 1 N–H and O–H groups in total. The molecule has 1 aliphatic carbocycles. The first kappa shape index (κ1) is 23.4. The van der Waals surface area contributed by atoms with Gasteiger partial charge in [0.25, 0.3) is 5.91 Å². The maximum atomic E-state index is 15.1. The third kappa shape index (κ3) is 4.76. The molecular formula is C26H27FN2O5. The van der Waals surface area contributed by atoms with Crippen molar-refractivity contribution in [3.05, 3.63) is 78.0 Å². The summed E-state index contributed by atoms with van der Waals surface area (Å²) in [6.07, 6.45) is 5.06. The zero-order chi connectivity index (χ0) is 24.1. The molecule has 0 saturated heterocycles. The van der Waals surface area contributed by atoms with E-state index in [4.69, 9.17) is 13.9 Å². The second kappa shape index (κ2) is 10.4. The van der Waals surface area contributed by atoms with Crippen molar-refractivity contribution in [2.45, 2.75) is 37.8 Å². The summed E-state index contributed by atoms with van der Waals surface area (Å²) in [4.78, 5) is 28.7. The molecule has 0 unspecified atom stereocenters. The zero-order valence-electron chi connectivity index (χ0n) is 19.1. The van der Waals surface area contributed by atoms with Gasteiger partial charge in [-0.25, -0.2) is 4.39 Å². The second-order valence-corrected chi connectivity index (χ2v) is 8.10. The van der Waals surface area contributed by atoms with Gasteiger partial charge in [0.1, 0.15) is 23.4 Å². The summed E-state index contributed by atoms with van der Waals surface area (Å²) in [5.41, 5.74) is 0.306. The largest absolute Gasteiger partial charge is 0.497 e. The predicted octanol–water partition coefficient (Wildman–Crippen LogP) is 4.88. The molecule has 1 saturated carbocycles. The van der Waals surface area contributed by atoms with Crippen LogP contribution in [0.25, 0.3) is 0 Å². The molecule has 34 heavy (non-hydrogen) atoms. The first-order chi connectivity index (χ1) is 16.5. The molecule has 2 aromatic carbocycles. The fraction of sp³-hybridized carbons (Fsp3) is 0.308. The first-order valence-electron chi connectivity index (χ1n) is 11.2. The summed E-state index contributed by atoms with van der Waals surface area (Å²) in [6.45, 7) is 0. The maximum absolute atomic E-state index is 15.1. The predicted molar refractivity (Wildman–Crippen MR) is 125 cm³/mol. The zero-order valence-corrected chi connectivity index (χ0v) is 19.1. The fourth-order valence-electron chi connectivity index (χ4n) is 4.31. The van der Waals surface area contributed by atoms with E-state index in [2.05, 4.69) is 5.32 Å². The van der Waals surface area contributed by atoms with E-state index in [1.165, 1.54) is 49.6 Å². The van der Waals surface area contributed by atoms with Crippen LogP contribution in [-0.4, -0.2) is 32.1 Å². The highest BCUT2D eigenvalue weighted by atomic mass is 19.1. The van der Waals surface area contributed by atoms with E-state index in [-0.39, 0.29) is 23.1 Å². The molecule has 0 bridgehead atoms. The van der Waals surface area contributed by atoms with E-state index in [1.54, 1.807) is 30.3 Å². The SMILES string of the molecule is COc1ccc(OC)c(N(C(=O)c2ccco2)[C@@H](C(=O)NC2CCCC2)c2ccccc2F)c1. The van der Waals surface area contributed by atoms with Gasteiger partial charge in [-0.15, -0.1) is 0 Å². The number of methoxy groups -OCH3 is 2. The number of hydrogen-bond acceptors (Lipinski definition) is 5. The summed E-state index contributed by atoms with van der Waals surface area (Å²) in [6, 6.07) is 12.5. The average molecular weight is 467 g/mol.